The molecule has 0 unspecified atom stereocenters. The number of benzene rings is 2. The Morgan fingerprint density at radius 3 is 2.05 bits per heavy atom. The van der Waals surface area contributed by atoms with Crippen LogP contribution in [0, 0.1) is 0 Å². The van der Waals surface area contributed by atoms with Crippen LogP contribution in [0.4, 0.5) is 0 Å². The van der Waals surface area contributed by atoms with E-state index in [0.29, 0.717) is 0 Å². The molecule has 0 saturated carbocycles. The van der Waals surface area contributed by atoms with Gasteiger partial charge in [0.05, 0.1) is 5.69 Å². The number of H-pyrrole nitrogens is 1. The SMILES string of the molecule is CCCc1[nH]c(-c2ccccc2)nc1-c1ccccc1. The second-order valence-electron chi connectivity index (χ2n) is 4.89. The van der Waals surface area contributed by atoms with Gasteiger partial charge < -0.3 is 4.98 Å². The number of hydrogen-bond donors (Lipinski definition) is 1. The zero-order valence-corrected chi connectivity index (χ0v) is 11.6. The van der Waals surface area contributed by atoms with Gasteiger partial charge in [-0.05, 0) is 6.42 Å². The Morgan fingerprint density at radius 2 is 1.45 bits per heavy atom. The first-order valence-corrected chi connectivity index (χ1v) is 7.08. The van der Waals surface area contributed by atoms with E-state index in [4.69, 9.17) is 4.98 Å². The van der Waals surface area contributed by atoms with Gasteiger partial charge in [0.1, 0.15) is 5.82 Å². The number of aryl methyl sites for hydroxylation is 1. The minimum absolute atomic E-state index is 0.952. The Morgan fingerprint density at radius 1 is 0.850 bits per heavy atom. The predicted molar refractivity (Wildman–Crippen MR) is 83.5 cm³/mol. The first-order chi connectivity index (χ1) is 9.88. The van der Waals surface area contributed by atoms with E-state index < -0.39 is 0 Å². The lowest BCUT2D eigenvalue weighted by atomic mass is 10.1. The van der Waals surface area contributed by atoms with Gasteiger partial charge in [0, 0.05) is 16.8 Å². The molecule has 100 valence electrons. The van der Waals surface area contributed by atoms with Crippen molar-refractivity contribution in [3.63, 3.8) is 0 Å². The van der Waals surface area contributed by atoms with Crippen molar-refractivity contribution in [2.24, 2.45) is 0 Å². The molecule has 0 spiro atoms. The summed E-state index contributed by atoms with van der Waals surface area (Å²) in [7, 11) is 0. The topological polar surface area (TPSA) is 28.7 Å². The largest absolute Gasteiger partial charge is 0.341 e. The van der Waals surface area contributed by atoms with Crippen LogP contribution >= 0.6 is 0 Å². The fourth-order valence-corrected chi connectivity index (χ4v) is 2.41. The van der Waals surface area contributed by atoms with Gasteiger partial charge in [-0.1, -0.05) is 74.0 Å². The Kier molecular flexibility index (Phi) is 3.64. The summed E-state index contributed by atoms with van der Waals surface area (Å²) in [5.74, 6) is 0.952. The van der Waals surface area contributed by atoms with Gasteiger partial charge in [0.2, 0.25) is 0 Å². The summed E-state index contributed by atoms with van der Waals surface area (Å²) in [6.45, 7) is 2.19. The summed E-state index contributed by atoms with van der Waals surface area (Å²) in [6.07, 6.45) is 2.13. The van der Waals surface area contributed by atoms with E-state index >= 15 is 0 Å². The molecule has 0 atom stereocenters. The minimum atomic E-state index is 0.952. The molecule has 0 bridgehead atoms. The zero-order valence-electron chi connectivity index (χ0n) is 11.6. The smallest absolute Gasteiger partial charge is 0.138 e. The first-order valence-electron chi connectivity index (χ1n) is 7.08. The molecule has 1 aromatic heterocycles. The molecular weight excluding hydrogens is 244 g/mol. The zero-order chi connectivity index (χ0) is 13.8. The number of nitrogens with one attached hydrogen (secondary N) is 1. The van der Waals surface area contributed by atoms with E-state index in [9.17, 15) is 0 Å². The maximum absolute atomic E-state index is 4.81. The molecule has 20 heavy (non-hydrogen) atoms. The van der Waals surface area contributed by atoms with Crippen LogP contribution in [0.25, 0.3) is 22.6 Å². The number of aromatic nitrogens is 2. The monoisotopic (exact) mass is 262 g/mol. The summed E-state index contributed by atoms with van der Waals surface area (Å²) in [6, 6.07) is 20.7. The third kappa shape index (κ3) is 2.50. The number of hydrogen-bond acceptors (Lipinski definition) is 1. The van der Waals surface area contributed by atoms with Crippen molar-refractivity contribution in [1.29, 1.82) is 0 Å². The van der Waals surface area contributed by atoms with Crippen molar-refractivity contribution in [3.05, 3.63) is 66.4 Å². The minimum Gasteiger partial charge on any atom is -0.341 e. The van der Waals surface area contributed by atoms with Crippen LogP contribution in [0.3, 0.4) is 0 Å². The molecule has 2 nitrogen and oxygen atoms in total. The van der Waals surface area contributed by atoms with E-state index in [1.54, 1.807) is 0 Å². The molecule has 1 N–H and O–H groups in total. The normalized spacial score (nSPS) is 10.7. The van der Waals surface area contributed by atoms with Gasteiger partial charge in [-0.25, -0.2) is 4.98 Å². The third-order valence-corrected chi connectivity index (χ3v) is 3.37. The van der Waals surface area contributed by atoms with Crippen molar-refractivity contribution >= 4 is 0 Å². The highest BCUT2D eigenvalue weighted by Gasteiger charge is 2.12. The lowest BCUT2D eigenvalue weighted by Crippen LogP contribution is -1.87. The maximum atomic E-state index is 4.81. The van der Waals surface area contributed by atoms with E-state index in [0.717, 1.165) is 29.9 Å². The second-order valence-corrected chi connectivity index (χ2v) is 4.89. The van der Waals surface area contributed by atoms with E-state index in [2.05, 4.69) is 48.3 Å². The molecule has 0 saturated heterocycles. The highest BCUT2D eigenvalue weighted by Crippen LogP contribution is 2.26. The van der Waals surface area contributed by atoms with Crippen LogP contribution < -0.4 is 0 Å². The Bertz CT molecular complexity index is 669. The molecule has 1 heterocycles. The average Bonchev–Trinajstić information content (AvgIpc) is 2.94. The van der Waals surface area contributed by atoms with Crippen LogP contribution in [0.5, 0.6) is 0 Å². The van der Waals surface area contributed by atoms with Crippen LogP contribution in [0.2, 0.25) is 0 Å². The quantitative estimate of drug-likeness (QED) is 0.725. The fraction of sp³-hybridized carbons (Fsp3) is 0.167. The van der Waals surface area contributed by atoms with Crippen LogP contribution in [-0.2, 0) is 6.42 Å². The van der Waals surface area contributed by atoms with Gasteiger partial charge in [0.15, 0.2) is 0 Å². The molecule has 0 aliphatic rings. The van der Waals surface area contributed by atoms with Gasteiger partial charge in [0.25, 0.3) is 0 Å². The highest BCUT2D eigenvalue weighted by atomic mass is 14.9. The third-order valence-electron chi connectivity index (χ3n) is 3.37. The van der Waals surface area contributed by atoms with Crippen molar-refractivity contribution in [3.8, 4) is 22.6 Å². The Balaban J connectivity index is 2.08. The average molecular weight is 262 g/mol. The van der Waals surface area contributed by atoms with Crippen molar-refractivity contribution in [1.82, 2.24) is 9.97 Å². The number of rotatable bonds is 4. The number of nitrogens with zero attached hydrogens (tertiary/aromatic N) is 1. The molecular formula is C18H18N2. The number of aromatic amines is 1. The Labute approximate surface area is 119 Å². The molecule has 2 heteroatoms. The lowest BCUT2D eigenvalue weighted by molar-refractivity contribution is 0.895. The van der Waals surface area contributed by atoms with Gasteiger partial charge >= 0.3 is 0 Å². The van der Waals surface area contributed by atoms with E-state index in [-0.39, 0.29) is 0 Å². The van der Waals surface area contributed by atoms with E-state index in [1.165, 1.54) is 11.3 Å². The first kappa shape index (κ1) is 12.7. The summed E-state index contributed by atoms with van der Waals surface area (Å²) >= 11 is 0. The summed E-state index contributed by atoms with van der Waals surface area (Å²) in [5, 5.41) is 0. The summed E-state index contributed by atoms with van der Waals surface area (Å²) < 4.78 is 0. The summed E-state index contributed by atoms with van der Waals surface area (Å²) in [5.41, 5.74) is 4.60. The van der Waals surface area contributed by atoms with Crippen LogP contribution in [0.1, 0.15) is 19.0 Å². The summed E-state index contributed by atoms with van der Waals surface area (Å²) in [4.78, 5) is 8.30. The highest BCUT2D eigenvalue weighted by molar-refractivity contribution is 5.67. The second kappa shape index (κ2) is 5.74. The lowest BCUT2D eigenvalue weighted by Gasteiger charge is -2.00. The molecule has 0 fully saturated rings. The standard InChI is InChI=1S/C18H18N2/c1-2-9-16-17(14-10-5-3-6-11-14)20-18(19-16)15-12-7-4-8-13-15/h3-8,10-13H,2,9H2,1H3,(H,19,20). The van der Waals surface area contributed by atoms with Crippen LogP contribution in [-0.4, -0.2) is 9.97 Å². The molecule has 2 aromatic carbocycles. The van der Waals surface area contributed by atoms with Crippen molar-refractivity contribution in [2.75, 3.05) is 0 Å². The van der Waals surface area contributed by atoms with Crippen molar-refractivity contribution in [2.45, 2.75) is 19.8 Å². The molecule has 0 aliphatic heterocycles. The molecule has 3 aromatic rings. The number of imidazole rings is 1. The molecule has 0 aliphatic carbocycles. The maximum Gasteiger partial charge on any atom is 0.138 e. The molecule has 0 radical (unpaired) electrons. The van der Waals surface area contributed by atoms with Gasteiger partial charge in [-0.2, -0.15) is 0 Å². The van der Waals surface area contributed by atoms with Crippen molar-refractivity contribution < 1.29 is 0 Å². The predicted octanol–water partition coefficient (Wildman–Crippen LogP) is 4.70. The molecule has 3 rings (SSSR count). The van der Waals surface area contributed by atoms with Crippen LogP contribution in [0.15, 0.2) is 60.7 Å². The molecule has 0 amide bonds. The van der Waals surface area contributed by atoms with E-state index in [1.807, 2.05) is 24.3 Å². The van der Waals surface area contributed by atoms with Gasteiger partial charge in [-0.3, -0.25) is 0 Å². The van der Waals surface area contributed by atoms with Gasteiger partial charge in [-0.15, -0.1) is 0 Å². The Hall–Kier alpha value is -2.35. The fourth-order valence-electron chi connectivity index (χ4n) is 2.41.